The normalized spacial score (nSPS) is 12.1. The quantitative estimate of drug-likeness (QED) is 0.363. The van der Waals surface area contributed by atoms with Crippen molar-refractivity contribution in [3.8, 4) is 0 Å². The SMILES string of the molecule is [CH2-]C(C)(C)C(C)(C)C.[Zn+][I]. The van der Waals surface area contributed by atoms with Crippen molar-refractivity contribution in [3.05, 3.63) is 6.92 Å². The summed E-state index contributed by atoms with van der Waals surface area (Å²) in [5.41, 5.74) is 0.514. The van der Waals surface area contributed by atoms with E-state index in [-0.39, 0.29) is 5.41 Å². The molecule has 0 aromatic rings. The molecule has 0 atom stereocenters. The molecule has 58 valence electrons. The molecule has 0 amide bonds. The van der Waals surface area contributed by atoms with Crippen LogP contribution >= 0.6 is 19.8 Å². The molecule has 2 heteroatoms. The van der Waals surface area contributed by atoms with E-state index < -0.39 is 0 Å². The first-order valence-electron chi connectivity index (χ1n) is 3.37. The number of hydrogen-bond acceptors (Lipinski definition) is 0. The molecule has 0 radical (unpaired) electrons. The van der Waals surface area contributed by atoms with E-state index in [2.05, 4.69) is 61.3 Å². The number of hydrogen-bond donors (Lipinski definition) is 0. The summed E-state index contributed by atoms with van der Waals surface area (Å²) in [7, 11) is 0. The van der Waals surface area contributed by atoms with Crippen molar-refractivity contribution in [2.75, 3.05) is 0 Å². The molecule has 0 spiro atoms. The van der Waals surface area contributed by atoms with Crippen LogP contribution < -0.4 is 0 Å². The fraction of sp³-hybridized carbons (Fsp3) is 0.875. The molecular formula is C8H17IZn. The Balaban J connectivity index is 0. The first-order chi connectivity index (χ1) is 4.25. The average Bonchev–Trinajstić information content (AvgIpc) is 1.66. The van der Waals surface area contributed by atoms with Gasteiger partial charge < -0.3 is 6.92 Å². The van der Waals surface area contributed by atoms with Gasteiger partial charge in [0, 0.05) is 0 Å². The summed E-state index contributed by atoms with van der Waals surface area (Å²) in [5.74, 6) is 0. The van der Waals surface area contributed by atoms with Crippen LogP contribution in [-0.4, -0.2) is 0 Å². The second-order valence-electron chi connectivity index (χ2n) is 4.13. The minimum absolute atomic E-state index is 0.188. The van der Waals surface area contributed by atoms with Crippen molar-refractivity contribution < 1.29 is 14.8 Å². The predicted molar refractivity (Wildman–Crippen MR) is 52.6 cm³/mol. The molecule has 0 aromatic carbocycles. The summed E-state index contributed by atoms with van der Waals surface area (Å²) >= 11 is 3.62. The van der Waals surface area contributed by atoms with Gasteiger partial charge in [0.15, 0.2) is 0 Å². The Morgan fingerprint density at radius 1 is 1.00 bits per heavy atom. The Morgan fingerprint density at radius 2 is 1.10 bits per heavy atom. The van der Waals surface area contributed by atoms with E-state index in [1.165, 1.54) is 14.8 Å². The van der Waals surface area contributed by atoms with Crippen molar-refractivity contribution in [1.82, 2.24) is 0 Å². The van der Waals surface area contributed by atoms with Crippen molar-refractivity contribution in [2.45, 2.75) is 34.6 Å². The summed E-state index contributed by atoms with van der Waals surface area (Å²) in [6, 6.07) is 0. The monoisotopic (exact) mass is 304 g/mol. The Labute approximate surface area is 86.4 Å². The summed E-state index contributed by atoms with van der Waals surface area (Å²) < 4.78 is 0. The van der Waals surface area contributed by atoms with Gasteiger partial charge in [0.25, 0.3) is 0 Å². The maximum atomic E-state index is 4.04. The first-order valence-corrected chi connectivity index (χ1v) is 12.4. The zero-order valence-corrected chi connectivity index (χ0v) is 12.9. The summed E-state index contributed by atoms with van der Waals surface area (Å²) in [6.45, 7) is 15.0. The Hall–Kier alpha value is 1.35. The van der Waals surface area contributed by atoms with Crippen LogP contribution in [0.5, 0.6) is 0 Å². The zero-order valence-electron chi connectivity index (χ0n) is 7.79. The van der Waals surface area contributed by atoms with Crippen LogP contribution in [0.25, 0.3) is 0 Å². The van der Waals surface area contributed by atoms with E-state index in [4.69, 9.17) is 0 Å². The van der Waals surface area contributed by atoms with Crippen LogP contribution in [0.1, 0.15) is 34.6 Å². The Morgan fingerprint density at radius 3 is 1.10 bits per heavy atom. The molecule has 0 aliphatic rings. The average molecular weight is 306 g/mol. The molecule has 0 saturated carbocycles. The third-order valence-electron chi connectivity index (χ3n) is 2.03. The summed E-state index contributed by atoms with van der Waals surface area (Å²) in [5, 5.41) is 0. The van der Waals surface area contributed by atoms with Crippen LogP contribution in [0.2, 0.25) is 0 Å². The predicted octanol–water partition coefficient (Wildman–Crippen LogP) is 3.78. The van der Waals surface area contributed by atoms with Crippen LogP contribution in [0, 0.1) is 17.8 Å². The van der Waals surface area contributed by atoms with Gasteiger partial charge in [-0.3, -0.25) is 0 Å². The molecule has 0 aliphatic heterocycles. The molecular weight excluding hydrogens is 288 g/mol. The fourth-order valence-corrected chi connectivity index (χ4v) is 0. The molecule has 0 rings (SSSR count). The Kier molecular flexibility index (Phi) is 7.07. The zero-order chi connectivity index (χ0) is 9.00. The molecule has 0 N–H and O–H groups in total. The van der Waals surface area contributed by atoms with E-state index in [1.54, 1.807) is 0 Å². The Bertz CT molecular complexity index is 64.2. The number of halogens is 1. The van der Waals surface area contributed by atoms with Gasteiger partial charge in [-0.15, -0.1) is 0 Å². The number of rotatable bonds is 0. The van der Waals surface area contributed by atoms with E-state index in [0.717, 1.165) is 0 Å². The molecule has 0 fully saturated rings. The molecule has 0 saturated heterocycles. The van der Waals surface area contributed by atoms with Gasteiger partial charge in [0.2, 0.25) is 0 Å². The van der Waals surface area contributed by atoms with Crippen LogP contribution in [0.3, 0.4) is 0 Å². The topological polar surface area (TPSA) is 0 Å². The van der Waals surface area contributed by atoms with Crippen LogP contribution in [0.15, 0.2) is 0 Å². The standard InChI is InChI=1S/C8H17.HI.Zn/c1-7(2,3)8(4,5)6;;/h1H2,2-6H3;1H;/q-1;;+2/p-1. The molecule has 0 aliphatic carbocycles. The fourth-order valence-electron chi connectivity index (χ4n) is 0. The van der Waals surface area contributed by atoms with Crippen LogP contribution in [0.4, 0.5) is 0 Å². The molecule has 0 aromatic heterocycles. The first kappa shape index (κ1) is 13.9. The van der Waals surface area contributed by atoms with Gasteiger partial charge in [0.1, 0.15) is 0 Å². The molecule has 0 heterocycles. The van der Waals surface area contributed by atoms with Crippen molar-refractivity contribution >= 4 is 19.8 Å². The third kappa shape index (κ3) is 6.09. The van der Waals surface area contributed by atoms with Gasteiger partial charge in [0.05, 0.1) is 0 Å². The van der Waals surface area contributed by atoms with Crippen LogP contribution in [-0.2, 0) is 14.8 Å². The van der Waals surface area contributed by atoms with Gasteiger partial charge in [-0.2, -0.15) is 5.41 Å². The van der Waals surface area contributed by atoms with Crippen molar-refractivity contribution in [1.29, 1.82) is 0 Å². The van der Waals surface area contributed by atoms with Gasteiger partial charge in [-0.1, -0.05) is 40.0 Å². The van der Waals surface area contributed by atoms with E-state index in [9.17, 15) is 0 Å². The molecule has 0 bridgehead atoms. The van der Waals surface area contributed by atoms with Crippen molar-refractivity contribution in [2.24, 2.45) is 10.8 Å². The molecule has 10 heavy (non-hydrogen) atoms. The van der Waals surface area contributed by atoms with E-state index >= 15 is 0 Å². The maximum absolute atomic E-state index is 4.04. The molecule has 0 unspecified atom stereocenters. The second-order valence-corrected chi connectivity index (χ2v) is 4.13. The third-order valence-corrected chi connectivity index (χ3v) is 2.03. The minimum atomic E-state index is 0.188. The van der Waals surface area contributed by atoms with Gasteiger partial charge >= 0.3 is 34.5 Å². The molecule has 0 nitrogen and oxygen atoms in total. The van der Waals surface area contributed by atoms with Gasteiger partial charge in [-0.25, -0.2) is 0 Å². The second kappa shape index (κ2) is 5.08. The van der Waals surface area contributed by atoms with Gasteiger partial charge in [-0.05, 0) is 0 Å². The van der Waals surface area contributed by atoms with Crippen molar-refractivity contribution in [3.63, 3.8) is 0 Å². The summed E-state index contributed by atoms with van der Waals surface area (Å²) in [6.07, 6.45) is 0. The summed E-state index contributed by atoms with van der Waals surface area (Å²) in [4.78, 5) is 0. The van der Waals surface area contributed by atoms with E-state index in [0.29, 0.717) is 5.41 Å². The van der Waals surface area contributed by atoms with E-state index in [1.807, 2.05) is 0 Å².